The van der Waals surface area contributed by atoms with Gasteiger partial charge in [0.05, 0.1) is 17.8 Å². The van der Waals surface area contributed by atoms with E-state index in [4.69, 9.17) is 4.52 Å². The summed E-state index contributed by atoms with van der Waals surface area (Å²) in [4.78, 5) is 8.92. The van der Waals surface area contributed by atoms with Crippen molar-refractivity contribution in [3.8, 4) is 6.07 Å². The second kappa shape index (κ2) is 7.66. The normalized spacial score (nSPS) is 15.6. The van der Waals surface area contributed by atoms with Crippen molar-refractivity contribution in [3.63, 3.8) is 0 Å². The van der Waals surface area contributed by atoms with E-state index in [2.05, 4.69) is 52.0 Å². The van der Waals surface area contributed by atoms with Gasteiger partial charge in [-0.2, -0.15) is 10.2 Å². The molecule has 6 heteroatoms. The summed E-state index contributed by atoms with van der Waals surface area (Å²) < 4.78 is 5.04. The molecule has 0 amide bonds. The second-order valence-corrected chi connectivity index (χ2v) is 7.05. The zero-order chi connectivity index (χ0) is 17.8. The molecule has 2 heterocycles. The van der Waals surface area contributed by atoms with Crippen molar-refractivity contribution in [3.05, 3.63) is 41.0 Å². The Hall–Kier alpha value is -2.39. The highest BCUT2D eigenvalue weighted by Crippen LogP contribution is 2.25. The van der Waals surface area contributed by atoms with E-state index in [0.717, 1.165) is 49.7 Å². The number of aryl methyl sites for hydroxylation is 1. The molecule has 0 atom stereocenters. The zero-order valence-corrected chi connectivity index (χ0v) is 15.2. The fraction of sp³-hybridized carbons (Fsp3) is 0.526. The first kappa shape index (κ1) is 17.4. The Morgan fingerprint density at radius 3 is 2.60 bits per heavy atom. The van der Waals surface area contributed by atoms with Gasteiger partial charge < -0.3 is 9.42 Å². The Morgan fingerprint density at radius 1 is 1.24 bits per heavy atom. The van der Waals surface area contributed by atoms with E-state index in [0.29, 0.717) is 18.4 Å². The first-order valence-corrected chi connectivity index (χ1v) is 8.84. The lowest BCUT2D eigenvalue weighted by atomic mass is 10.00. The van der Waals surface area contributed by atoms with Crippen molar-refractivity contribution in [1.29, 1.82) is 5.26 Å². The van der Waals surface area contributed by atoms with Crippen LogP contribution in [-0.4, -0.2) is 41.2 Å². The van der Waals surface area contributed by atoms with E-state index in [9.17, 15) is 5.26 Å². The molecule has 25 heavy (non-hydrogen) atoms. The van der Waals surface area contributed by atoms with E-state index in [-0.39, 0.29) is 0 Å². The lowest BCUT2D eigenvalue weighted by Gasteiger charge is -2.36. The molecule has 0 spiro atoms. The van der Waals surface area contributed by atoms with Gasteiger partial charge in [-0.25, -0.2) is 0 Å². The summed E-state index contributed by atoms with van der Waals surface area (Å²) >= 11 is 0. The molecular weight excluding hydrogens is 314 g/mol. The minimum Gasteiger partial charge on any atom is -0.368 e. The van der Waals surface area contributed by atoms with E-state index in [1.54, 1.807) is 0 Å². The number of nitrogens with zero attached hydrogens (tertiary/aromatic N) is 5. The van der Waals surface area contributed by atoms with E-state index in [1.807, 2.05) is 13.0 Å². The molecule has 1 aromatic heterocycles. The highest BCUT2D eigenvalue weighted by Gasteiger charge is 2.21. The number of piperazine rings is 1. The Bertz CT molecular complexity index is 753. The minimum atomic E-state index is 0.606. The van der Waals surface area contributed by atoms with Crippen LogP contribution in [-0.2, 0) is 13.0 Å². The number of benzene rings is 1. The monoisotopic (exact) mass is 339 g/mol. The number of rotatable bonds is 5. The Morgan fingerprint density at radius 2 is 2.00 bits per heavy atom. The van der Waals surface area contributed by atoms with Crippen LogP contribution in [0.2, 0.25) is 0 Å². The highest BCUT2D eigenvalue weighted by atomic mass is 16.5. The van der Waals surface area contributed by atoms with Crippen LogP contribution in [0.5, 0.6) is 0 Å². The third-order valence-electron chi connectivity index (χ3n) is 4.47. The van der Waals surface area contributed by atoms with Crippen LogP contribution in [0.1, 0.15) is 36.7 Å². The quantitative estimate of drug-likeness (QED) is 0.834. The van der Waals surface area contributed by atoms with Gasteiger partial charge in [0.2, 0.25) is 5.89 Å². The fourth-order valence-electron chi connectivity index (χ4n) is 3.28. The molecule has 1 aliphatic rings. The standard InChI is InChI=1S/C19H25N5O/c1-14(2)10-16-4-5-17(12-20)18(11-16)24-8-6-23(7-9-24)13-19-21-15(3)25-22-19/h4-5,11,14H,6-10,13H2,1-3H3. The molecule has 0 N–H and O–H groups in total. The van der Waals surface area contributed by atoms with Crippen LogP contribution in [0.15, 0.2) is 22.7 Å². The van der Waals surface area contributed by atoms with E-state index in [1.165, 1.54) is 5.56 Å². The molecule has 1 aromatic carbocycles. The van der Waals surface area contributed by atoms with Crippen molar-refractivity contribution in [2.24, 2.45) is 5.92 Å². The van der Waals surface area contributed by atoms with Gasteiger partial charge in [0.25, 0.3) is 0 Å². The number of hydrogen-bond donors (Lipinski definition) is 0. The first-order chi connectivity index (χ1) is 12.0. The molecule has 1 saturated heterocycles. The summed E-state index contributed by atoms with van der Waals surface area (Å²) in [5.41, 5.74) is 3.12. The van der Waals surface area contributed by atoms with Crippen LogP contribution < -0.4 is 4.90 Å². The lowest BCUT2D eigenvalue weighted by molar-refractivity contribution is 0.240. The first-order valence-electron chi connectivity index (χ1n) is 8.84. The van der Waals surface area contributed by atoms with E-state index < -0.39 is 0 Å². The van der Waals surface area contributed by atoms with Gasteiger partial charge in [-0.1, -0.05) is 25.1 Å². The summed E-state index contributed by atoms with van der Waals surface area (Å²) in [6.07, 6.45) is 1.04. The summed E-state index contributed by atoms with van der Waals surface area (Å²) in [5.74, 6) is 1.95. The Kier molecular flexibility index (Phi) is 5.34. The molecular formula is C19H25N5O. The summed E-state index contributed by atoms with van der Waals surface area (Å²) in [6, 6.07) is 8.57. The molecule has 0 radical (unpaired) electrons. The molecule has 0 saturated carbocycles. The number of nitriles is 1. The lowest BCUT2D eigenvalue weighted by Crippen LogP contribution is -2.46. The predicted molar refractivity (Wildman–Crippen MR) is 96.2 cm³/mol. The maximum absolute atomic E-state index is 9.46. The molecule has 0 unspecified atom stereocenters. The minimum absolute atomic E-state index is 0.606. The van der Waals surface area contributed by atoms with Gasteiger partial charge in [0.1, 0.15) is 6.07 Å². The van der Waals surface area contributed by atoms with Crippen LogP contribution >= 0.6 is 0 Å². The van der Waals surface area contributed by atoms with Crippen LogP contribution in [0.25, 0.3) is 0 Å². The largest absolute Gasteiger partial charge is 0.368 e. The molecule has 132 valence electrons. The molecule has 6 nitrogen and oxygen atoms in total. The molecule has 0 aliphatic carbocycles. The second-order valence-electron chi connectivity index (χ2n) is 7.05. The average Bonchev–Trinajstić information content (AvgIpc) is 3.00. The van der Waals surface area contributed by atoms with Crippen LogP contribution in [0.3, 0.4) is 0 Å². The molecule has 2 aromatic rings. The van der Waals surface area contributed by atoms with Gasteiger partial charge in [0, 0.05) is 33.1 Å². The van der Waals surface area contributed by atoms with Gasteiger partial charge in [-0.05, 0) is 30.0 Å². The number of anilines is 1. The number of hydrogen-bond acceptors (Lipinski definition) is 6. The molecule has 3 rings (SSSR count). The van der Waals surface area contributed by atoms with Crippen molar-refractivity contribution in [2.75, 3.05) is 31.1 Å². The smallest absolute Gasteiger partial charge is 0.223 e. The van der Waals surface area contributed by atoms with Crippen molar-refractivity contribution in [2.45, 2.75) is 33.7 Å². The van der Waals surface area contributed by atoms with Gasteiger partial charge >= 0.3 is 0 Å². The third kappa shape index (κ3) is 4.37. The summed E-state index contributed by atoms with van der Waals surface area (Å²) in [6.45, 7) is 10.6. The SMILES string of the molecule is Cc1nc(CN2CCN(c3cc(CC(C)C)ccc3C#N)CC2)no1. The zero-order valence-electron chi connectivity index (χ0n) is 15.2. The maximum Gasteiger partial charge on any atom is 0.223 e. The Balaban J connectivity index is 1.66. The van der Waals surface area contributed by atoms with Gasteiger partial charge in [-0.3, -0.25) is 4.90 Å². The predicted octanol–water partition coefficient (Wildman–Crippen LogP) is 2.77. The third-order valence-corrected chi connectivity index (χ3v) is 4.47. The Labute approximate surface area is 149 Å². The van der Waals surface area contributed by atoms with Crippen molar-refractivity contribution in [1.82, 2.24) is 15.0 Å². The topological polar surface area (TPSA) is 69.2 Å². The highest BCUT2D eigenvalue weighted by molar-refractivity contribution is 5.61. The molecule has 0 bridgehead atoms. The van der Waals surface area contributed by atoms with Crippen molar-refractivity contribution >= 4 is 5.69 Å². The summed E-state index contributed by atoms with van der Waals surface area (Å²) in [5, 5.41) is 13.4. The van der Waals surface area contributed by atoms with E-state index >= 15 is 0 Å². The van der Waals surface area contributed by atoms with Crippen LogP contribution in [0.4, 0.5) is 5.69 Å². The van der Waals surface area contributed by atoms with Gasteiger partial charge in [-0.15, -0.1) is 0 Å². The van der Waals surface area contributed by atoms with Crippen LogP contribution in [0, 0.1) is 24.2 Å². The summed E-state index contributed by atoms with van der Waals surface area (Å²) in [7, 11) is 0. The average molecular weight is 339 g/mol. The number of aromatic nitrogens is 2. The molecule has 1 aliphatic heterocycles. The molecule has 1 fully saturated rings. The fourth-order valence-corrected chi connectivity index (χ4v) is 3.28. The van der Waals surface area contributed by atoms with Crippen molar-refractivity contribution < 1.29 is 4.52 Å². The maximum atomic E-state index is 9.46. The van der Waals surface area contributed by atoms with Gasteiger partial charge in [0.15, 0.2) is 5.82 Å².